The van der Waals surface area contributed by atoms with Crippen molar-refractivity contribution in [3.05, 3.63) is 12.2 Å². The van der Waals surface area contributed by atoms with Crippen molar-refractivity contribution in [2.24, 2.45) is 0 Å². The van der Waals surface area contributed by atoms with E-state index in [4.69, 9.17) is 0 Å². The van der Waals surface area contributed by atoms with Gasteiger partial charge < -0.3 is 0 Å². The minimum Gasteiger partial charge on any atom is -0.0575 e. The highest BCUT2D eigenvalue weighted by Gasteiger charge is 1.78. The minimum atomic E-state index is 1.05. The van der Waals surface area contributed by atoms with Gasteiger partial charge in [-0.25, -0.2) is 0 Å². The molecule has 0 aliphatic carbocycles. The smallest absolute Gasteiger partial charge is 0.0575 e. The lowest BCUT2D eigenvalue weighted by molar-refractivity contribution is 1.13. The van der Waals surface area contributed by atoms with Crippen LogP contribution in [-0.4, -0.2) is 0 Å². The molecule has 0 heteroatoms. The first kappa shape index (κ1) is 5.65. The van der Waals surface area contributed by atoms with Gasteiger partial charge in [0, 0.05) is 6.42 Å². The second-order valence-corrected chi connectivity index (χ2v) is 1.17. The summed E-state index contributed by atoms with van der Waals surface area (Å²) in [5, 5.41) is 0. The Bertz CT molecular complexity index is 29.3. The van der Waals surface area contributed by atoms with Gasteiger partial charge in [0.2, 0.25) is 6.08 Å². The SMILES string of the molecule is CC[C+]=CCC. The van der Waals surface area contributed by atoms with Crippen LogP contribution in [0.5, 0.6) is 0 Å². The third-order valence-corrected chi connectivity index (χ3v) is 0.553. The van der Waals surface area contributed by atoms with E-state index in [-0.39, 0.29) is 0 Å². The fourth-order valence-corrected chi connectivity index (χ4v) is 0.289. The molecule has 0 radical (unpaired) electrons. The summed E-state index contributed by atoms with van der Waals surface area (Å²) in [6.45, 7) is 4.20. The lowest BCUT2D eigenvalue weighted by Gasteiger charge is -1.55. The summed E-state index contributed by atoms with van der Waals surface area (Å²) in [6.07, 6.45) is 7.30. The first-order valence-electron chi connectivity index (χ1n) is 2.46. The second-order valence-electron chi connectivity index (χ2n) is 1.17. The van der Waals surface area contributed by atoms with Crippen molar-refractivity contribution in [3.63, 3.8) is 0 Å². The average molecular weight is 83.2 g/mol. The molecule has 0 aliphatic heterocycles. The van der Waals surface area contributed by atoms with Gasteiger partial charge in [-0.15, -0.1) is 0 Å². The van der Waals surface area contributed by atoms with E-state index in [0.29, 0.717) is 0 Å². The average Bonchev–Trinajstić information content (AvgIpc) is 1.61. The van der Waals surface area contributed by atoms with Crippen LogP contribution in [0.2, 0.25) is 0 Å². The van der Waals surface area contributed by atoms with Gasteiger partial charge in [0.25, 0.3) is 0 Å². The highest BCUT2D eigenvalue weighted by Crippen LogP contribution is 1.79. The summed E-state index contributed by atoms with van der Waals surface area (Å²) in [5.41, 5.74) is 0. The lowest BCUT2D eigenvalue weighted by Crippen LogP contribution is -1.52. The number of rotatable bonds is 2. The molecule has 0 aliphatic rings. The van der Waals surface area contributed by atoms with Gasteiger partial charge in [-0.3, -0.25) is 0 Å². The van der Waals surface area contributed by atoms with E-state index in [9.17, 15) is 0 Å². The maximum Gasteiger partial charge on any atom is 0.217 e. The molecule has 0 heterocycles. The molecule has 0 saturated heterocycles. The first-order chi connectivity index (χ1) is 2.91. The van der Waals surface area contributed by atoms with Crippen molar-refractivity contribution in [1.82, 2.24) is 0 Å². The summed E-state index contributed by atoms with van der Waals surface area (Å²) < 4.78 is 0. The van der Waals surface area contributed by atoms with Crippen molar-refractivity contribution in [2.75, 3.05) is 0 Å². The molecule has 0 unspecified atom stereocenters. The largest absolute Gasteiger partial charge is 0.217 e. The van der Waals surface area contributed by atoms with Crippen LogP contribution in [0, 0.1) is 6.08 Å². The Labute approximate surface area is 39.9 Å². The number of hydrogen-bond donors (Lipinski definition) is 0. The molecule has 0 nitrogen and oxygen atoms in total. The molecule has 0 aromatic carbocycles. The summed E-state index contributed by atoms with van der Waals surface area (Å²) in [4.78, 5) is 0. The van der Waals surface area contributed by atoms with E-state index >= 15 is 0 Å². The van der Waals surface area contributed by atoms with Crippen LogP contribution in [0.1, 0.15) is 26.7 Å². The van der Waals surface area contributed by atoms with Crippen LogP contribution in [0.3, 0.4) is 0 Å². The van der Waals surface area contributed by atoms with Crippen LogP contribution < -0.4 is 0 Å². The van der Waals surface area contributed by atoms with Gasteiger partial charge in [-0.2, -0.15) is 0 Å². The first-order valence-corrected chi connectivity index (χ1v) is 2.46. The zero-order valence-corrected chi connectivity index (χ0v) is 4.49. The van der Waals surface area contributed by atoms with E-state index in [1.165, 1.54) is 0 Å². The van der Waals surface area contributed by atoms with Gasteiger partial charge >= 0.3 is 0 Å². The zero-order chi connectivity index (χ0) is 4.83. The number of hydrogen-bond acceptors (Lipinski definition) is 0. The van der Waals surface area contributed by atoms with E-state index in [2.05, 4.69) is 26.0 Å². The van der Waals surface area contributed by atoms with Gasteiger partial charge in [-0.1, -0.05) is 6.92 Å². The van der Waals surface area contributed by atoms with Gasteiger partial charge in [0.05, 0.1) is 0 Å². The highest BCUT2D eigenvalue weighted by atomic mass is 13.7. The van der Waals surface area contributed by atoms with Crippen LogP contribution >= 0.6 is 0 Å². The summed E-state index contributed by atoms with van der Waals surface area (Å²) >= 11 is 0. The van der Waals surface area contributed by atoms with Crippen molar-refractivity contribution >= 4 is 0 Å². The molecule has 0 spiro atoms. The van der Waals surface area contributed by atoms with E-state index < -0.39 is 0 Å². The normalized spacial score (nSPS) is 9.00. The monoisotopic (exact) mass is 83.1 g/mol. The maximum absolute atomic E-state index is 3.07. The summed E-state index contributed by atoms with van der Waals surface area (Å²) in [5.74, 6) is 0. The molecule has 34 valence electrons. The molecule has 0 bridgehead atoms. The minimum absolute atomic E-state index is 1.05. The molecule has 0 aromatic heterocycles. The van der Waals surface area contributed by atoms with Crippen molar-refractivity contribution in [2.45, 2.75) is 26.7 Å². The Morgan fingerprint density at radius 3 is 2.33 bits per heavy atom. The van der Waals surface area contributed by atoms with Crippen LogP contribution in [-0.2, 0) is 0 Å². The Hall–Kier alpha value is -0.350. The number of allylic oxidation sites excluding steroid dienone is 2. The third-order valence-electron chi connectivity index (χ3n) is 0.553. The second kappa shape index (κ2) is 4.65. The molecule has 0 N–H and O–H groups in total. The molecule has 0 atom stereocenters. The van der Waals surface area contributed by atoms with Crippen LogP contribution in [0.4, 0.5) is 0 Å². The van der Waals surface area contributed by atoms with Gasteiger partial charge in [0.15, 0.2) is 12.5 Å². The predicted molar refractivity (Wildman–Crippen MR) is 28.4 cm³/mol. The lowest BCUT2D eigenvalue weighted by atomic mass is 10.4. The van der Waals surface area contributed by atoms with Gasteiger partial charge in [0.1, 0.15) is 0 Å². The molecule has 0 amide bonds. The molecule has 6 heavy (non-hydrogen) atoms. The van der Waals surface area contributed by atoms with E-state index in [0.717, 1.165) is 12.8 Å². The molecule has 0 saturated carbocycles. The molecule has 0 aromatic rings. The Kier molecular flexibility index (Phi) is 4.38. The zero-order valence-electron chi connectivity index (χ0n) is 4.49. The van der Waals surface area contributed by atoms with Crippen molar-refractivity contribution < 1.29 is 0 Å². The maximum atomic E-state index is 3.07. The van der Waals surface area contributed by atoms with E-state index in [1.54, 1.807) is 0 Å². The molecular weight excluding hydrogens is 72.1 g/mol. The molecular formula is C6H11+. The van der Waals surface area contributed by atoms with Crippen molar-refractivity contribution in [1.29, 1.82) is 0 Å². The van der Waals surface area contributed by atoms with Crippen LogP contribution in [0.25, 0.3) is 0 Å². The Morgan fingerprint density at radius 1 is 1.50 bits per heavy atom. The fourth-order valence-electron chi connectivity index (χ4n) is 0.289. The third kappa shape index (κ3) is 3.65. The predicted octanol–water partition coefficient (Wildman–Crippen LogP) is 2.17. The molecule has 0 fully saturated rings. The van der Waals surface area contributed by atoms with E-state index in [1.807, 2.05) is 0 Å². The Morgan fingerprint density at radius 2 is 2.17 bits per heavy atom. The van der Waals surface area contributed by atoms with Crippen LogP contribution in [0.15, 0.2) is 6.08 Å². The standard InChI is InChI=1S/C6H11/c1-3-5-6-4-2/h5H,3-4H2,1-2H3/q+1. The topological polar surface area (TPSA) is 0 Å². The summed E-state index contributed by atoms with van der Waals surface area (Å²) in [7, 11) is 0. The quantitative estimate of drug-likeness (QED) is 0.449. The summed E-state index contributed by atoms with van der Waals surface area (Å²) in [6, 6.07) is 0. The highest BCUT2D eigenvalue weighted by molar-refractivity contribution is 4.68. The van der Waals surface area contributed by atoms with Gasteiger partial charge in [-0.05, 0) is 6.92 Å². The Balaban J connectivity index is 2.73. The molecule has 0 rings (SSSR count). The fraction of sp³-hybridized carbons (Fsp3) is 0.667. The van der Waals surface area contributed by atoms with Crippen molar-refractivity contribution in [3.8, 4) is 0 Å².